The molecule has 0 bridgehead atoms. The van der Waals surface area contributed by atoms with E-state index in [0.29, 0.717) is 12.1 Å². The minimum Gasteiger partial charge on any atom is -0.374 e. The van der Waals surface area contributed by atoms with Crippen molar-refractivity contribution in [3.8, 4) is 0 Å². The summed E-state index contributed by atoms with van der Waals surface area (Å²) < 4.78 is 5.97. The van der Waals surface area contributed by atoms with Gasteiger partial charge in [-0.3, -0.25) is 4.90 Å². The lowest BCUT2D eigenvalue weighted by atomic mass is 9.92. The highest BCUT2D eigenvalue weighted by molar-refractivity contribution is 4.89. The van der Waals surface area contributed by atoms with Crippen LogP contribution in [0.5, 0.6) is 0 Å². The zero-order valence-corrected chi connectivity index (χ0v) is 10.7. The van der Waals surface area contributed by atoms with Gasteiger partial charge in [-0.15, -0.1) is 0 Å². The molecule has 1 heterocycles. The number of rotatable bonds is 4. The molecule has 0 radical (unpaired) electrons. The fraction of sp³-hybridized carbons (Fsp3) is 1.00. The highest BCUT2D eigenvalue weighted by Gasteiger charge is 2.33. The number of morpholine rings is 1. The lowest BCUT2D eigenvalue weighted by Crippen LogP contribution is -2.53. The quantitative estimate of drug-likeness (QED) is 0.786. The summed E-state index contributed by atoms with van der Waals surface area (Å²) in [5, 5.41) is 3.51. The van der Waals surface area contributed by atoms with Gasteiger partial charge in [0.25, 0.3) is 0 Å². The Bertz CT molecular complexity index is 204. The second kappa shape index (κ2) is 5.99. The van der Waals surface area contributed by atoms with Crippen molar-refractivity contribution in [2.24, 2.45) is 5.92 Å². The maximum atomic E-state index is 5.97. The molecule has 94 valence electrons. The Morgan fingerprint density at radius 3 is 2.75 bits per heavy atom. The first-order valence-electron chi connectivity index (χ1n) is 6.86. The summed E-state index contributed by atoms with van der Waals surface area (Å²) in [4.78, 5) is 2.51. The van der Waals surface area contributed by atoms with Gasteiger partial charge >= 0.3 is 0 Å². The summed E-state index contributed by atoms with van der Waals surface area (Å²) in [7, 11) is 2.09. The van der Waals surface area contributed by atoms with E-state index in [1.807, 2.05) is 0 Å². The summed E-state index contributed by atoms with van der Waals surface area (Å²) in [6.07, 6.45) is 6.00. The van der Waals surface area contributed by atoms with Gasteiger partial charge in [0.05, 0.1) is 12.7 Å². The molecule has 2 atom stereocenters. The normalized spacial score (nSPS) is 30.8. The minimum atomic E-state index is 0.404. The Balaban J connectivity index is 1.91. The van der Waals surface area contributed by atoms with Gasteiger partial charge in [-0.25, -0.2) is 0 Å². The van der Waals surface area contributed by atoms with Crippen molar-refractivity contribution in [3.63, 3.8) is 0 Å². The van der Waals surface area contributed by atoms with Gasteiger partial charge < -0.3 is 10.1 Å². The lowest BCUT2D eigenvalue weighted by molar-refractivity contribution is -0.0533. The van der Waals surface area contributed by atoms with E-state index < -0.39 is 0 Å². The second-order valence-electron chi connectivity index (χ2n) is 5.16. The molecule has 1 aliphatic carbocycles. The minimum absolute atomic E-state index is 0.404. The first kappa shape index (κ1) is 12.3. The van der Waals surface area contributed by atoms with Crippen molar-refractivity contribution < 1.29 is 4.74 Å². The highest BCUT2D eigenvalue weighted by atomic mass is 16.5. The standard InChI is InChI=1S/C13H26N2O/c1-3-15-8-9-16-12(10-15)13(14-2)11-6-4-5-7-11/h11-14H,3-10H2,1-2H3. The van der Waals surface area contributed by atoms with Crippen LogP contribution in [0.15, 0.2) is 0 Å². The summed E-state index contributed by atoms with van der Waals surface area (Å²) in [6.45, 7) is 6.52. The predicted molar refractivity (Wildman–Crippen MR) is 66.7 cm³/mol. The number of likely N-dealkylation sites (N-methyl/N-ethyl adjacent to an activating group) is 2. The Morgan fingerprint density at radius 1 is 1.38 bits per heavy atom. The third kappa shape index (κ3) is 2.76. The molecule has 16 heavy (non-hydrogen) atoms. The fourth-order valence-electron chi connectivity index (χ4n) is 3.28. The van der Waals surface area contributed by atoms with Crippen LogP contribution in [0.4, 0.5) is 0 Å². The summed E-state index contributed by atoms with van der Waals surface area (Å²) in [5.41, 5.74) is 0. The molecule has 1 N–H and O–H groups in total. The number of hydrogen-bond donors (Lipinski definition) is 1. The van der Waals surface area contributed by atoms with E-state index in [4.69, 9.17) is 4.74 Å². The van der Waals surface area contributed by atoms with Crippen LogP contribution in [0.25, 0.3) is 0 Å². The van der Waals surface area contributed by atoms with Crippen molar-refractivity contribution in [1.82, 2.24) is 10.2 Å². The van der Waals surface area contributed by atoms with Crippen molar-refractivity contribution in [3.05, 3.63) is 0 Å². The van der Waals surface area contributed by atoms with Crippen molar-refractivity contribution >= 4 is 0 Å². The maximum absolute atomic E-state index is 5.97. The van der Waals surface area contributed by atoms with E-state index in [1.54, 1.807) is 0 Å². The van der Waals surface area contributed by atoms with E-state index in [0.717, 1.165) is 32.2 Å². The third-order valence-corrected chi connectivity index (χ3v) is 4.27. The molecular weight excluding hydrogens is 200 g/mol. The molecule has 0 spiro atoms. The van der Waals surface area contributed by atoms with E-state index in [2.05, 4.69) is 24.2 Å². The van der Waals surface area contributed by atoms with Crippen LogP contribution in [0.1, 0.15) is 32.6 Å². The molecule has 1 saturated carbocycles. The Kier molecular flexibility index (Phi) is 4.62. The largest absolute Gasteiger partial charge is 0.374 e. The molecule has 0 aromatic heterocycles. The third-order valence-electron chi connectivity index (χ3n) is 4.27. The zero-order chi connectivity index (χ0) is 11.4. The average molecular weight is 226 g/mol. The molecule has 0 aromatic carbocycles. The van der Waals surface area contributed by atoms with E-state index in [1.165, 1.54) is 25.7 Å². The maximum Gasteiger partial charge on any atom is 0.0857 e. The van der Waals surface area contributed by atoms with Crippen molar-refractivity contribution in [1.29, 1.82) is 0 Å². The summed E-state index contributed by atoms with van der Waals surface area (Å²) in [6, 6.07) is 0.567. The van der Waals surface area contributed by atoms with Crippen molar-refractivity contribution in [2.45, 2.75) is 44.8 Å². The molecule has 1 aliphatic heterocycles. The zero-order valence-electron chi connectivity index (χ0n) is 10.7. The molecule has 0 amide bonds. The van der Waals surface area contributed by atoms with Crippen LogP contribution >= 0.6 is 0 Å². The van der Waals surface area contributed by atoms with Crippen molar-refractivity contribution in [2.75, 3.05) is 33.3 Å². The van der Waals surface area contributed by atoms with Crippen LogP contribution in [-0.4, -0.2) is 50.3 Å². The highest BCUT2D eigenvalue weighted by Crippen LogP contribution is 2.30. The van der Waals surface area contributed by atoms with Gasteiger partial charge in [0, 0.05) is 19.1 Å². The SMILES string of the molecule is CCN1CCOC(C(NC)C2CCCC2)C1. The molecule has 0 aromatic rings. The number of ether oxygens (including phenoxy) is 1. The summed E-state index contributed by atoms with van der Waals surface area (Å²) >= 11 is 0. The van der Waals surface area contributed by atoms with E-state index >= 15 is 0 Å². The molecule has 3 heteroatoms. The van der Waals surface area contributed by atoms with Crippen LogP contribution in [0.3, 0.4) is 0 Å². The predicted octanol–water partition coefficient (Wildman–Crippen LogP) is 1.49. The molecule has 2 rings (SSSR count). The topological polar surface area (TPSA) is 24.5 Å². The lowest BCUT2D eigenvalue weighted by Gasteiger charge is -2.38. The first-order chi connectivity index (χ1) is 7.85. The fourth-order valence-corrected chi connectivity index (χ4v) is 3.28. The molecule has 2 unspecified atom stereocenters. The number of nitrogens with zero attached hydrogens (tertiary/aromatic N) is 1. The van der Waals surface area contributed by atoms with E-state index in [9.17, 15) is 0 Å². The summed E-state index contributed by atoms with van der Waals surface area (Å²) in [5.74, 6) is 0.840. The molecular formula is C13H26N2O. The van der Waals surface area contributed by atoms with Crippen LogP contribution in [0.2, 0.25) is 0 Å². The van der Waals surface area contributed by atoms with Crippen LogP contribution in [0, 0.1) is 5.92 Å². The molecule has 2 fully saturated rings. The number of hydrogen-bond acceptors (Lipinski definition) is 3. The molecule has 3 nitrogen and oxygen atoms in total. The average Bonchev–Trinajstić information content (AvgIpc) is 2.84. The van der Waals surface area contributed by atoms with Crippen LogP contribution < -0.4 is 5.32 Å². The monoisotopic (exact) mass is 226 g/mol. The number of nitrogens with one attached hydrogen (secondary N) is 1. The van der Waals surface area contributed by atoms with Gasteiger partial charge in [0.1, 0.15) is 0 Å². The Morgan fingerprint density at radius 2 is 2.12 bits per heavy atom. The van der Waals surface area contributed by atoms with Gasteiger partial charge in [-0.05, 0) is 32.4 Å². The Labute approximate surface area is 99.5 Å². The van der Waals surface area contributed by atoms with Gasteiger partial charge in [0.15, 0.2) is 0 Å². The van der Waals surface area contributed by atoms with Gasteiger partial charge in [-0.2, -0.15) is 0 Å². The van der Waals surface area contributed by atoms with Gasteiger partial charge in [-0.1, -0.05) is 19.8 Å². The smallest absolute Gasteiger partial charge is 0.0857 e. The second-order valence-corrected chi connectivity index (χ2v) is 5.16. The Hall–Kier alpha value is -0.120. The van der Waals surface area contributed by atoms with E-state index in [-0.39, 0.29) is 0 Å². The molecule has 1 saturated heterocycles. The molecule has 2 aliphatic rings. The van der Waals surface area contributed by atoms with Crippen LogP contribution in [-0.2, 0) is 4.74 Å². The van der Waals surface area contributed by atoms with Gasteiger partial charge in [0.2, 0.25) is 0 Å². The first-order valence-corrected chi connectivity index (χ1v) is 6.86.